The molecule has 1 aromatic carbocycles. The summed E-state index contributed by atoms with van der Waals surface area (Å²) in [6.07, 6.45) is 7.29. The molecule has 0 unspecified atom stereocenters. The zero-order valence-corrected chi connectivity index (χ0v) is 13.3. The maximum Gasteiger partial charge on any atom is 0.196 e. The van der Waals surface area contributed by atoms with Crippen LogP contribution in [0.3, 0.4) is 0 Å². The first-order chi connectivity index (χ1) is 11.3. The van der Waals surface area contributed by atoms with Crippen molar-refractivity contribution < 1.29 is 4.42 Å². The zero-order chi connectivity index (χ0) is 15.4. The van der Waals surface area contributed by atoms with Gasteiger partial charge in [0, 0.05) is 11.4 Å². The predicted octanol–water partition coefficient (Wildman–Crippen LogP) is 4.61. The monoisotopic (exact) mass is 307 g/mol. The number of benzene rings is 1. The Morgan fingerprint density at radius 1 is 1.17 bits per heavy atom. The number of rotatable bonds is 3. The molecule has 2 saturated carbocycles. The number of hydrogen-bond donors (Lipinski definition) is 1. The Balaban J connectivity index is 1.50. The molecular formula is C19H21N3O. The summed E-state index contributed by atoms with van der Waals surface area (Å²) in [5.74, 6) is 3.46. The van der Waals surface area contributed by atoms with Crippen molar-refractivity contribution in [1.29, 1.82) is 0 Å². The van der Waals surface area contributed by atoms with Crippen molar-refractivity contribution in [3.8, 4) is 0 Å². The van der Waals surface area contributed by atoms with E-state index >= 15 is 0 Å². The van der Waals surface area contributed by atoms with Crippen LogP contribution in [-0.4, -0.2) is 16.0 Å². The van der Waals surface area contributed by atoms with Crippen LogP contribution in [-0.2, 0) is 0 Å². The fraction of sp³-hybridized carbons (Fsp3) is 0.474. The highest BCUT2D eigenvalue weighted by atomic mass is 16.3. The van der Waals surface area contributed by atoms with Crippen LogP contribution in [0.5, 0.6) is 0 Å². The van der Waals surface area contributed by atoms with Crippen molar-refractivity contribution in [3.63, 3.8) is 0 Å². The van der Waals surface area contributed by atoms with E-state index in [4.69, 9.17) is 4.42 Å². The summed E-state index contributed by atoms with van der Waals surface area (Å²) in [5.41, 5.74) is 2.56. The Bertz CT molecular complexity index is 871. The standard InChI is InChI=1S/C19H21N3O/c1-11(15-9-12-6-7-13(15)8-12)22-19-18-17(20-10-21-19)14-4-2-3-5-16(14)23-18/h2-5,10-13,15H,6-9H2,1H3,(H,20,21,22)/t11-,12+,13+,15+/m1/s1. The quantitative estimate of drug-likeness (QED) is 0.767. The lowest BCUT2D eigenvalue weighted by Crippen LogP contribution is -2.30. The molecule has 2 aliphatic carbocycles. The number of fused-ring (bicyclic) bond motifs is 5. The van der Waals surface area contributed by atoms with Gasteiger partial charge in [0.1, 0.15) is 17.4 Å². The molecule has 2 aromatic heterocycles. The van der Waals surface area contributed by atoms with Crippen molar-refractivity contribution in [2.24, 2.45) is 17.8 Å². The second kappa shape index (κ2) is 4.95. The second-order valence-electron chi connectivity index (χ2n) is 7.27. The lowest BCUT2D eigenvalue weighted by Gasteiger charge is -2.28. The van der Waals surface area contributed by atoms with Crippen molar-refractivity contribution in [3.05, 3.63) is 30.6 Å². The number of furan rings is 1. The van der Waals surface area contributed by atoms with Crippen molar-refractivity contribution in [2.75, 3.05) is 5.32 Å². The van der Waals surface area contributed by atoms with E-state index < -0.39 is 0 Å². The average Bonchev–Trinajstić information content (AvgIpc) is 3.28. The number of aromatic nitrogens is 2. The summed E-state index contributed by atoms with van der Waals surface area (Å²) in [7, 11) is 0. The molecule has 0 aliphatic heterocycles. The van der Waals surface area contributed by atoms with Crippen LogP contribution in [0.15, 0.2) is 35.0 Å². The Kier molecular flexibility index (Phi) is 2.87. The molecule has 0 amide bonds. The molecule has 118 valence electrons. The van der Waals surface area contributed by atoms with Crippen molar-refractivity contribution in [2.45, 2.75) is 38.6 Å². The first-order valence-corrected chi connectivity index (χ1v) is 8.68. The molecule has 4 heteroatoms. The number of para-hydroxylation sites is 1. The molecule has 0 saturated heterocycles. The number of nitrogens with zero attached hydrogens (tertiary/aromatic N) is 2. The highest BCUT2D eigenvalue weighted by Gasteiger charge is 2.42. The van der Waals surface area contributed by atoms with E-state index in [9.17, 15) is 0 Å². The minimum Gasteiger partial charge on any atom is -0.450 e. The van der Waals surface area contributed by atoms with Gasteiger partial charge >= 0.3 is 0 Å². The van der Waals surface area contributed by atoms with E-state index in [1.165, 1.54) is 25.7 Å². The minimum absolute atomic E-state index is 0.427. The summed E-state index contributed by atoms with van der Waals surface area (Å²) in [5, 5.41) is 4.68. The van der Waals surface area contributed by atoms with Gasteiger partial charge in [-0.05, 0) is 56.1 Å². The average molecular weight is 307 g/mol. The van der Waals surface area contributed by atoms with E-state index in [0.717, 1.165) is 45.6 Å². The van der Waals surface area contributed by atoms with Crippen LogP contribution in [0.1, 0.15) is 32.6 Å². The predicted molar refractivity (Wildman–Crippen MR) is 91.3 cm³/mol. The zero-order valence-electron chi connectivity index (χ0n) is 13.3. The third kappa shape index (κ3) is 2.04. The topological polar surface area (TPSA) is 51.0 Å². The third-order valence-electron chi connectivity index (χ3n) is 5.96. The Morgan fingerprint density at radius 2 is 2.09 bits per heavy atom. The maximum absolute atomic E-state index is 6.02. The molecule has 4 nitrogen and oxygen atoms in total. The molecule has 3 aromatic rings. The first kappa shape index (κ1) is 13.3. The summed E-state index contributed by atoms with van der Waals surface area (Å²) >= 11 is 0. The van der Waals surface area contributed by atoms with E-state index in [1.807, 2.05) is 18.2 Å². The molecule has 2 aliphatic rings. The number of hydrogen-bond acceptors (Lipinski definition) is 4. The number of anilines is 1. The van der Waals surface area contributed by atoms with Crippen LogP contribution < -0.4 is 5.32 Å². The Hall–Kier alpha value is -2.10. The SMILES string of the molecule is C[C@@H](Nc1ncnc2c1oc1ccccc12)[C@@H]1C[C@H]2CC[C@H]1C2. The minimum atomic E-state index is 0.427. The molecule has 2 fully saturated rings. The Morgan fingerprint density at radius 3 is 2.91 bits per heavy atom. The van der Waals surface area contributed by atoms with Gasteiger partial charge in [0.2, 0.25) is 0 Å². The van der Waals surface area contributed by atoms with Crippen LogP contribution in [0, 0.1) is 17.8 Å². The highest BCUT2D eigenvalue weighted by Crippen LogP contribution is 2.50. The largest absolute Gasteiger partial charge is 0.450 e. The highest BCUT2D eigenvalue weighted by molar-refractivity contribution is 6.05. The van der Waals surface area contributed by atoms with E-state index in [-0.39, 0.29) is 0 Å². The maximum atomic E-state index is 6.02. The Labute approximate surface area is 135 Å². The van der Waals surface area contributed by atoms with Crippen LogP contribution in [0.25, 0.3) is 22.1 Å². The molecule has 0 radical (unpaired) electrons. The summed E-state index contributed by atoms with van der Waals surface area (Å²) in [6.45, 7) is 2.29. The van der Waals surface area contributed by atoms with Gasteiger partial charge < -0.3 is 9.73 Å². The molecule has 5 rings (SSSR count). The van der Waals surface area contributed by atoms with Crippen LogP contribution >= 0.6 is 0 Å². The van der Waals surface area contributed by atoms with E-state index in [0.29, 0.717) is 6.04 Å². The normalized spacial score (nSPS) is 27.8. The molecular weight excluding hydrogens is 286 g/mol. The van der Waals surface area contributed by atoms with Gasteiger partial charge in [-0.25, -0.2) is 9.97 Å². The van der Waals surface area contributed by atoms with Crippen molar-refractivity contribution in [1.82, 2.24) is 9.97 Å². The fourth-order valence-electron chi connectivity index (χ4n) is 4.86. The van der Waals surface area contributed by atoms with Crippen LogP contribution in [0.2, 0.25) is 0 Å². The van der Waals surface area contributed by atoms with E-state index in [2.05, 4.69) is 28.3 Å². The van der Waals surface area contributed by atoms with Gasteiger partial charge in [-0.15, -0.1) is 0 Å². The summed E-state index contributed by atoms with van der Waals surface area (Å²) in [4.78, 5) is 8.89. The smallest absolute Gasteiger partial charge is 0.196 e. The molecule has 2 heterocycles. The van der Waals surface area contributed by atoms with Gasteiger partial charge in [-0.3, -0.25) is 0 Å². The summed E-state index contributed by atoms with van der Waals surface area (Å²) in [6, 6.07) is 8.47. The van der Waals surface area contributed by atoms with Gasteiger partial charge in [-0.2, -0.15) is 0 Å². The number of nitrogens with one attached hydrogen (secondary N) is 1. The van der Waals surface area contributed by atoms with Crippen molar-refractivity contribution >= 4 is 27.9 Å². The fourth-order valence-corrected chi connectivity index (χ4v) is 4.86. The van der Waals surface area contributed by atoms with Gasteiger partial charge in [-0.1, -0.05) is 18.6 Å². The first-order valence-electron chi connectivity index (χ1n) is 8.68. The van der Waals surface area contributed by atoms with Crippen LogP contribution in [0.4, 0.5) is 5.82 Å². The van der Waals surface area contributed by atoms with Gasteiger partial charge in [0.25, 0.3) is 0 Å². The molecule has 0 spiro atoms. The van der Waals surface area contributed by atoms with Gasteiger partial charge in [0.15, 0.2) is 11.4 Å². The molecule has 1 N–H and O–H groups in total. The second-order valence-corrected chi connectivity index (χ2v) is 7.27. The summed E-state index contributed by atoms with van der Waals surface area (Å²) < 4.78 is 6.02. The lowest BCUT2D eigenvalue weighted by molar-refractivity contribution is 0.304. The van der Waals surface area contributed by atoms with Gasteiger partial charge in [0.05, 0.1) is 0 Å². The lowest BCUT2D eigenvalue weighted by atomic mass is 9.84. The molecule has 2 bridgehead atoms. The van der Waals surface area contributed by atoms with E-state index in [1.54, 1.807) is 6.33 Å². The third-order valence-corrected chi connectivity index (χ3v) is 5.96. The molecule has 4 atom stereocenters. The molecule has 23 heavy (non-hydrogen) atoms.